The van der Waals surface area contributed by atoms with Crippen molar-refractivity contribution in [1.82, 2.24) is 0 Å². The Morgan fingerprint density at radius 1 is 1.44 bits per heavy atom. The average Bonchev–Trinajstić information content (AvgIpc) is 2.50. The molecule has 18 heavy (non-hydrogen) atoms. The molecule has 0 bridgehead atoms. The van der Waals surface area contributed by atoms with E-state index in [1.54, 1.807) is 6.92 Å². The largest absolute Gasteiger partial charge is 0.481 e. The van der Waals surface area contributed by atoms with Gasteiger partial charge in [0.25, 0.3) is 0 Å². The fraction of sp³-hybridized carbons (Fsp3) is 0.600. The van der Waals surface area contributed by atoms with Gasteiger partial charge in [-0.25, -0.2) is 0 Å². The van der Waals surface area contributed by atoms with E-state index in [-0.39, 0.29) is 23.5 Å². The molecule has 3 nitrogen and oxygen atoms in total. The van der Waals surface area contributed by atoms with Gasteiger partial charge >= 0.3 is 5.97 Å². The standard InChI is InChI=1S/C15H20O3/c1-8-4-5-11(9(2)15(17)18)6-13-10(3)14(16)7-12(8)13/h9,11-12H,1,4-7H2,2-3H3,(H,17,18)/t9-,11+,12-/m0/s1. The number of Topliss-reactive ketones (excluding diaryl/α,β-unsaturated/α-hetero) is 1. The van der Waals surface area contributed by atoms with E-state index in [0.29, 0.717) is 6.42 Å². The van der Waals surface area contributed by atoms with Crippen LogP contribution in [0.2, 0.25) is 0 Å². The number of rotatable bonds is 2. The molecule has 2 aliphatic carbocycles. The van der Waals surface area contributed by atoms with Crippen LogP contribution in [-0.4, -0.2) is 16.9 Å². The monoisotopic (exact) mass is 248 g/mol. The highest BCUT2D eigenvalue weighted by Crippen LogP contribution is 2.44. The minimum atomic E-state index is -0.744. The second-order valence-corrected chi connectivity index (χ2v) is 5.62. The molecule has 2 rings (SSSR count). The van der Waals surface area contributed by atoms with Crippen molar-refractivity contribution in [2.75, 3.05) is 0 Å². The van der Waals surface area contributed by atoms with Crippen LogP contribution in [0.15, 0.2) is 23.3 Å². The highest BCUT2D eigenvalue weighted by Gasteiger charge is 2.37. The zero-order valence-corrected chi connectivity index (χ0v) is 11.0. The number of allylic oxidation sites excluding steroid dienone is 3. The van der Waals surface area contributed by atoms with Gasteiger partial charge in [-0.3, -0.25) is 9.59 Å². The van der Waals surface area contributed by atoms with Crippen LogP contribution in [0.1, 0.15) is 39.5 Å². The lowest BCUT2D eigenvalue weighted by atomic mass is 9.85. The second-order valence-electron chi connectivity index (χ2n) is 5.62. The van der Waals surface area contributed by atoms with E-state index in [4.69, 9.17) is 5.11 Å². The van der Waals surface area contributed by atoms with E-state index < -0.39 is 5.97 Å². The van der Waals surface area contributed by atoms with Crippen molar-refractivity contribution in [3.05, 3.63) is 23.3 Å². The second kappa shape index (κ2) is 4.71. The van der Waals surface area contributed by atoms with Crippen LogP contribution in [0.4, 0.5) is 0 Å². The summed E-state index contributed by atoms with van der Waals surface area (Å²) in [7, 11) is 0. The number of carboxylic acid groups (broad SMARTS) is 1. The molecular weight excluding hydrogens is 228 g/mol. The van der Waals surface area contributed by atoms with Crippen LogP contribution in [0.5, 0.6) is 0 Å². The Kier molecular flexibility index (Phi) is 3.42. The van der Waals surface area contributed by atoms with Crippen LogP contribution in [0.25, 0.3) is 0 Å². The molecule has 2 aliphatic rings. The molecule has 98 valence electrons. The Morgan fingerprint density at radius 3 is 2.72 bits per heavy atom. The quantitative estimate of drug-likeness (QED) is 0.764. The van der Waals surface area contributed by atoms with E-state index >= 15 is 0 Å². The summed E-state index contributed by atoms with van der Waals surface area (Å²) in [5, 5.41) is 9.14. The first-order valence-electron chi connectivity index (χ1n) is 6.55. The smallest absolute Gasteiger partial charge is 0.306 e. The highest BCUT2D eigenvalue weighted by molar-refractivity contribution is 5.99. The van der Waals surface area contributed by atoms with E-state index in [2.05, 4.69) is 6.58 Å². The van der Waals surface area contributed by atoms with Gasteiger partial charge in [0, 0.05) is 12.3 Å². The summed E-state index contributed by atoms with van der Waals surface area (Å²) in [5.41, 5.74) is 3.11. The number of carbonyl (C=O) groups excluding carboxylic acids is 1. The Bertz CT molecular complexity index is 445. The van der Waals surface area contributed by atoms with E-state index in [0.717, 1.165) is 36.0 Å². The van der Waals surface area contributed by atoms with E-state index in [1.807, 2.05) is 6.92 Å². The Balaban J connectivity index is 2.29. The van der Waals surface area contributed by atoms with Gasteiger partial charge in [-0.05, 0) is 37.7 Å². The van der Waals surface area contributed by atoms with Crippen LogP contribution >= 0.6 is 0 Å². The van der Waals surface area contributed by atoms with Crippen molar-refractivity contribution in [2.24, 2.45) is 17.8 Å². The van der Waals surface area contributed by atoms with Gasteiger partial charge in [0.1, 0.15) is 0 Å². The molecule has 0 heterocycles. The Morgan fingerprint density at radius 2 is 2.11 bits per heavy atom. The third-order valence-electron chi connectivity index (χ3n) is 4.62. The third-order valence-corrected chi connectivity index (χ3v) is 4.62. The van der Waals surface area contributed by atoms with Crippen molar-refractivity contribution in [3.63, 3.8) is 0 Å². The lowest BCUT2D eigenvalue weighted by molar-refractivity contribution is -0.143. The average molecular weight is 248 g/mol. The Hall–Kier alpha value is -1.38. The van der Waals surface area contributed by atoms with Crippen LogP contribution < -0.4 is 0 Å². The van der Waals surface area contributed by atoms with Gasteiger partial charge in [-0.2, -0.15) is 0 Å². The highest BCUT2D eigenvalue weighted by atomic mass is 16.4. The van der Waals surface area contributed by atoms with Crippen molar-refractivity contribution in [3.8, 4) is 0 Å². The van der Waals surface area contributed by atoms with Gasteiger partial charge in [-0.1, -0.05) is 24.6 Å². The molecule has 0 aliphatic heterocycles. The predicted molar refractivity (Wildman–Crippen MR) is 69.1 cm³/mol. The molecular formula is C15H20O3. The number of hydrogen-bond acceptors (Lipinski definition) is 2. The molecule has 1 N–H and O–H groups in total. The van der Waals surface area contributed by atoms with Crippen molar-refractivity contribution < 1.29 is 14.7 Å². The first-order chi connectivity index (χ1) is 8.41. The fourth-order valence-corrected chi connectivity index (χ4v) is 3.15. The van der Waals surface area contributed by atoms with Crippen molar-refractivity contribution >= 4 is 11.8 Å². The molecule has 0 aromatic carbocycles. The van der Waals surface area contributed by atoms with E-state index in [9.17, 15) is 9.59 Å². The topological polar surface area (TPSA) is 54.4 Å². The van der Waals surface area contributed by atoms with Gasteiger partial charge in [0.15, 0.2) is 5.78 Å². The lowest BCUT2D eigenvalue weighted by Gasteiger charge is -2.19. The summed E-state index contributed by atoms with van der Waals surface area (Å²) in [6, 6.07) is 0. The number of carboxylic acids is 1. The first kappa shape index (κ1) is 13.1. The summed E-state index contributed by atoms with van der Waals surface area (Å²) in [4.78, 5) is 22.9. The van der Waals surface area contributed by atoms with Crippen LogP contribution in [-0.2, 0) is 9.59 Å². The number of hydrogen-bond donors (Lipinski definition) is 1. The summed E-state index contributed by atoms with van der Waals surface area (Å²) < 4.78 is 0. The third kappa shape index (κ3) is 2.14. The molecule has 0 saturated heterocycles. The molecule has 0 aromatic rings. The van der Waals surface area contributed by atoms with Gasteiger partial charge < -0.3 is 5.11 Å². The number of aliphatic carboxylic acids is 1. The normalized spacial score (nSPS) is 30.1. The molecule has 0 radical (unpaired) electrons. The maximum absolute atomic E-state index is 11.8. The summed E-state index contributed by atoms with van der Waals surface area (Å²) in [5.74, 6) is -0.581. The number of fused-ring (bicyclic) bond motifs is 1. The van der Waals surface area contributed by atoms with E-state index in [1.165, 1.54) is 0 Å². The molecule has 3 atom stereocenters. The maximum Gasteiger partial charge on any atom is 0.306 e. The van der Waals surface area contributed by atoms with Gasteiger partial charge in [0.05, 0.1) is 5.92 Å². The summed E-state index contributed by atoms with van der Waals surface area (Å²) in [6.07, 6.45) is 3.01. The maximum atomic E-state index is 11.8. The molecule has 0 aromatic heterocycles. The SMILES string of the molecule is C=C1CC[C@@H]([C@H](C)C(=O)O)CC2=C(C)C(=O)C[C@@H]12. The molecule has 1 saturated carbocycles. The van der Waals surface area contributed by atoms with Gasteiger partial charge in [-0.15, -0.1) is 0 Å². The molecule has 0 unspecified atom stereocenters. The lowest BCUT2D eigenvalue weighted by Crippen LogP contribution is -2.20. The van der Waals surface area contributed by atoms with Crippen molar-refractivity contribution in [1.29, 1.82) is 0 Å². The van der Waals surface area contributed by atoms with Gasteiger partial charge in [0.2, 0.25) is 0 Å². The zero-order chi connectivity index (χ0) is 13.4. The summed E-state index contributed by atoms with van der Waals surface area (Å²) in [6.45, 7) is 7.73. The Labute approximate surface area is 108 Å². The summed E-state index contributed by atoms with van der Waals surface area (Å²) >= 11 is 0. The predicted octanol–water partition coefficient (Wildman–Crippen LogP) is 2.97. The number of carbonyl (C=O) groups is 2. The van der Waals surface area contributed by atoms with Crippen LogP contribution in [0, 0.1) is 17.8 Å². The first-order valence-corrected chi connectivity index (χ1v) is 6.55. The number of ketones is 1. The zero-order valence-electron chi connectivity index (χ0n) is 11.0. The minimum Gasteiger partial charge on any atom is -0.481 e. The molecule has 0 spiro atoms. The molecule has 1 fully saturated rings. The molecule has 3 heteroatoms. The van der Waals surface area contributed by atoms with Crippen LogP contribution in [0.3, 0.4) is 0 Å². The fourth-order valence-electron chi connectivity index (χ4n) is 3.15. The minimum absolute atomic E-state index is 0.125. The van der Waals surface area contributed by atoms with Crippen molar-refractivity contribution in [2.45, 2.75) is 39.5 Å². The molecule has 0 amide bonds.